The SMILES string of the molecule is CC1(C)OCC(=O)[C@H](C(O)C(F)N2C=CNN2)O1. The first-order valence-corrected chi connectivity index (χ1v) is 5.53. The Kier molecular flexibility index (Phi) is 3.53. The number of ketones is 1. The summed E-state index contributed by atoms with van der Waals surface area (Å²) in [4.78, 5) is 11.6. The van der Waals surface area contributed by atoms with E-state index in [-0.39, 0.29) is 6.61 Å². The van der Waals surface area contributed by atoms with Crippen LogP contribution in [0, 0.1) is 0 Å². The summed E-state index contributed by atoms with van der Waals surface area (Å²) in [6.07, 6.45) is -1.87. The van der Waals surface area contributed by atoms with Gasteiger partial charge in [-0.05, 0) is 13.8 Å². The smallest absolute Gasteiger partial charge is 0.215 e. The van der Waals surface area contributed by atoms with Gasteiger partial charge in [0.25, 0.3) is 0 Å². The highest BCUT2D eigenvalue weighted by atomic mass is 19.1. The lowest BCUT2D eigenvalue weighted by Gasteiger charge is -2.38. The topological polar surface area (TPSA) is 83.1 Å². The summed E-state index contributed by atoms with van der Waals surface area (Å²) >= 11 is 0. The molecule has 2 unspecified atom stereocenters. The molecule has 102 valence electrons. The molecule has 0 bridgehead atoms. The molecule has 0 saturated carbocycles. The summed E-state index contributed by atoms with van der Waals surface area (Å²) in [5.41, 5.74) is 4.98. The van der Waals surface area contributed by atoms with Crippen LogP contribution in [0.15, 0.2) is 12.4 Å². The number of ether oxygens (including phenoxy) is 2. The Labute approximate surface area is 103 Å². The molecule has 18 heavy (non-hydrogen) atoms. The van der Waals surface area contributed by atoms with Crippen LogP contribution >= 0.6 is 0 Å². The third kappa shape index (κ3) is 2.61. The van der Waals surface area contributed by atoms with Crippen LogP contribution in [-0.2, 0) is 14.3 Å². The number of aliphatic hydroxyl groups is 1. The minimum atomic E-state index is -1.82. The quantitative estimate of drug-likeness (QED) is 0.571. The third-order valence-corrected chi connectivity index (χ3v) is 2.66. The molecule has 0 spiro atoms. The summed E-state index contributed by atoms with van der Waals surface area (Å²) in [6, 6.07) is 0. The number of halogens is 1. The standard InChI is InChI=1S/C10H16FN3O4/c1-10(2)17-5-6(15)8(18-10)7(16)9(11)14-4-3-12-13-14/h3-4,7-9,12-13,16H,5H2,1-2H3/t7?,8-,9?/m1/s1. The Hall–Kier alpha value is -1.22. The van der Waals surface area contributed by atoms with Gasteiger partial charge in [-0.15, -0.1) is 5.53 Å². The number of rotatable bonds is 3. The molecule has 0 aliphatic carbocycles. The molecule has 2 rings (SSSR count). The van der Waals surface area contributed by atoms with Crippen molar-refractivity contribution in [3.8, 4) is 0 Å². The Bertz CT molecular complexity index is 363. The van der Waals surface area contributed by atoms with Gasteiger partial charge in [-0.3, -0.25) is 9.80 Å². The van der Waals surface area contributed by atoms with Gasteiger partial charge in [-0.1, -0.05) is 0 Å². The highest BCUT2D eigenvalue weighted by Crippen LogP contribution is 2.24. The average molecular weight is 261 g/mol. The van der Waals surface area contributed by atoms with Crippen LogP contribution in [0.4, 0.5) is 4.39 Å². The summed E-state index contributed by atoms with van der Waals surface area (Å²) < 4.78 is 24.3. The lowest BCUT2D eigenvalue weighted by molar-refractivity contribution is -0.277. The van der Waals surface area contributed by atoms with Crippen molar-refractivity contribution in [3.63, 3.8) is 0 Å². The predicted octanol–water partition coefficient (Wildman–Crippen LogP) is -0.840. The number of hydrogen-bond donors (Lipinski definition) is 3. The Morgan fingerprint density at radius 2 is 2.39 bits per heavy atom. The molecule has 1 fully saturated rings. The first kappa shape index (κ1) is 13.2. The molecule has 2 aliphatic heterocycles. The summed E-state index contributed by atoms with van der Waals surface area (Å²) in [6.45, 7) is 2.99. The highest BCUT2D eigenvalue weighted by Gasteiger charge is 2.43. The van der Waals surface area contributed by atoms with Crippen LogP contribution in [-0.4, -0.2) is 46.8 Å². The van der Waals surface area contributed by atoms with E-state index >= 15 is 0 Å². The lowest BCUT2D eigenvalue weighted by atomic mass is 10.1. The molecule has 2 heterocycles. The van der Waals surface area contributed by atoms with E-state index in [4.69, 9.17) is 9.47 Å². The normalized spacial score (nSPS) is 30.1. The predicted molar refractivity (Wildman–Crippen MR) is 58.1 cm³/mol. The van der Waals surface area contributed by atoms with Crippen LogP contribution in [0.2, 0.25) is 0 Å². The van der Waals surface area contributed by atoms with Crippen molar-refractivity contribution < 1.29 is 23.8 Å². The molecular weight excluding hydrogens is 245 g/mol. The number of nitrogens with zero attached hydrogens (tertiary/aromatic N) is 1. The van der Waals surface area contributed by atoms with Gasteiger partial charge in [-0.2, -0.15) is 0 Å². The van der Waals surface area contributed by atoms with Gasteiger partial charge in [0.1, 0.15) is 12.7 Å². The van der Waals surface area contributed by atoms with E-state index < -0.39 is 30.1 Å². The average Bonchev–Trinajstić information content (AvgIpc) is 2.84. The van der Waals surface area contributed by atoms with E-state index in [1.807, 2.05) is 0 Å². The second kappa shape index (κ2) is 4.81. The largest absolute Gasteiger partial charge is 0.385 e. The van der Waals surface area contributed by atoms with Crippen LogP contribution in [0.1, 0.15) is 13.8 Å². The number of hydrazine groups is 2. The van der Waals surface area contributed by atoms with E-state index in [1.54, 1.807) is 13.8 Å². The van der Waals surface area contributed by atoms with E-state index in [9.17, 15) is 14.3 Å². The molecule has 7 nitrogen and oxygen atoms in total. The summed E-state index contributed by atoms with van der Waals surface area (Å²) in [5.74, 6) is -1.51. The van der Waals surface area contributed by atoms with Gasteiger partial charge in [0.2, 0.25) is 6.30 Å². The molecule has 0 amide bonds. The molecule has 8 heteroatoms. The van der Waals surface area contributed by atoms with Crippen molar-refractivity contribution in [2.75, 3.05) is 6.61 Å². The van der Waals surface area contributed by atoms with Crippen molar-refractivity contribution >= 4 is 5.78 Å². The number of hydrogen-bond acceptors (Lipinski definition) is 7. The molecule has 1 saturated heterocycles. The van der Waals surface area contributed by atoms with Gasteiger partial charge in [0, 0.05) is 12.4 Å². The molecule has 0 aromatic carbocycles. The van der Waals surface area contributed by atoms with Crippen molar-refractivity contribution in [3.05, 3.63) is 12.4 Å². The zero-order valence-electron chi connectivity index (χ0n) is 10.1. The first-order chi connectivity index (χ1) is 8.41. The number of Topliss-reactive ketones (excluding diaryl/α,β-unsaturated/α-hetero) is 1. The fraction of sp³-hybridized carbons (Fsp3) is 0.700. The number of aliphatic hydroxyl groups excluding tert-OH is 1. The van der Waals surface area contributed by atoms with Crippen LogP contribution < -0.4 is 11.0 Å². The Morgan fingerprint density at radius 3 is 3.00 bits per heavy atom. The first-order valence-electron chi connectivity index (χ1n) is 5.53. The summed E-state index contributed by atoms with van der Waals surface area (Å²) in [7, 11) is 0. The van der Waals surface area contributed by atoms with Crippen molar-refractivity contribution in [1.29, 1.82) is 0 Å². The molecule has 0 radical (unpaired) electrons. The Morgan fingerprint density at radius 1 is 1.67 bits per heavy atom. The van der Waals surface area contributed by atoms with Crippen molar-refractivity contribution in [1.82, 2.24) is 16.0 Å². The minimum Gasteiger partial charge on any atom is -0.385 e. The summed E-state index contributed by atoms with van der Waals surface area (Å²) in [5, 5.41) is 10.9. The van der Waals surface area contributed by atoms with Gasteiger partial charge < -0.3 is 20.0 Å². The fourth-order valence-corrected chi connectivity index (χ4v) is 1.71. The number of carbonyl (C=O) groups is 1. The minimum absolute atomic E-state index is 0.205. The second-order valence-corrected chi connectivity index (χ2v) is 4.54. The van der Waals surface area contributed by atoms with Crippen LogP contribution in [0.25, 0.3) is 0 Å². The van der Waals surface area contributed by atoms with E-state index in [0.717, 1.165) is 5.01 Å². The fourth-order valence-electron chi connectivity index (χ4n) is 1.71. The third-order valence-electron chi connectivity index (χ3n) is 2.66. The van der Waals surface area contributed by atoms with Gasteiger partial charge >= 0.3 is 0 Å². The molecular formula is C10H16FN3O4. The Balaban J connectivity index is 2.04. The van der Waals surface area contributed by atoms with Gasteiger partial charge in [-0.25, -0.2) is 4.39 Å². The maximum Gasteiger partial charge on any atom is 0.215 e. The second-order valence-electron chi connectivity index (χ2n) is 4.54. The maximum atomic E-state index is 14.0. The maximum absolute atomic E-state index is 14.0. The van der Waals surface area contributed by atoms with Crippen molar-refractivity contribution in [2.24, 2.45) is 0 Å². The van der Waals surface area contributed by atoms with E-state index in [2.05, 4.69) is 11.0 Å². The molecule has 3 atom stereocenters. The highest BCUT2D eigenvalue weighted by molar-refractivity contribution is 5.85. The van der Waals surface area contributed by atoms with Gasteiger partial charge in [0.15, 0.2) is 17.7 Å². The zero-order chi connectivity index (χ0) is 13.3. The zero-order valence-corrected chi connectivity index (χ0v) is 10.1. The van der Waals surface area contributed by atoms with E-state index in [0.29, 0.717) is 0 Å². The number of carbonyl (C=O) groups excluding carboxylic acids is 1. The van der Waals surface area contributed by atoms with Crippen LogP contribution in [0.5, 0.6) is 0 Å². The van der Waals surface area contributed by atoms with Gasteiger partial charge in [0.05, 0.1) is 0 Å². The molecule has 0 aromatic heterocycles. The molecule has 2 aliphatic rings. The monoisotopic (exact) mass is 261 g/mol. The lowest BCUT2D eigenvalue weighted by Crippen LogP contribution is -2.57. The number of alkyl halides is 1. The van der Waals surface area contributed by atoms with Crippen molar-refractivity contribution in [2.45, 2.75) is 38.1 Å². The molecule has 3 N–H and O–H groups in total. The molecule has 0 aromatic rings. The number of nitrogens with one attached hydrogen (secondary N) is 2. The van der Waals surface area contributed by atoms with Crippen LogP contribution in [0.3, 0.4) is 0 Å². The van der Waals surface area contributed by atoms with E-state index in [1.165, 1.54) is 12.4 Å².